The minimum Gasteiger partial charge on any atom is -0.454 e. The van der Waals surface area contributed by atoms with Gasteiger partial charge in [0.15, 0.2) is 10.8 Å². The highest BCUT2D eigenvalue weighted by Gasteiger charge is 2.19. The molecule has 0 aliphatic heterocycles. The van der Waals surface area contributed by atoms with Crippen LogP contribution in [0.2, 0.25) is 0 Å². The van der Waals surface area contributed by atoms with Crippen molar-refractivity contribution < 1.29 is 4.42 Å². The molecule has 1 atom stereocenters. The van der Waals surface area contributed by atoms with E-state index in [-0.39, 0.29) is 10.8 Å². The average molecular weight is 320 g/mol. The van der Waals surface area contributed by atoms with Gasteiger partial charge in [-0.3, -0.25) is 0 Å². The second kappa shape index (κ2) is 5.15. The monoisotopic (exact) mass is 319 g/mol. The van der Waals surface area contributed by atoms with Gasteiger partial charge in [0.05, 0.1) is 11.1 Å². The second-order valence-electron chi connectivity index (χ2n) is 6.31. The number of rotatable bonds is 2. The van der Waals surface area contributed by atoms with E-state index >= 15 is 0 Å². The molecule has 2 nitrogen and oxygen atoms in total. The van der Waals surface area contributed by atoms with Gasteiger partial charge in [-0.1, -0.05) is 26.8 Å². The molecule has 2 aromatic heterocycles. The highest BCUT2D eigenvalue weighted by Crippen LogP contribution is 2.34. The summed E-state index contributed by atoms with van der Waals surface area (Å²) in [7, 11) is 0. The van der Waals surface area contributed by atoms with Gasteiger partial charge in [-0.25, -0.2) is 4.98 Å². The van der Waals surface area contributed by atoms with Crippen LogP contribution < -0.4 is 0 Å². The molecule has 0 spiro atoms. The number of nitrogens with zero attached hydrogens (tertiary/aromatic N) is 1. The molecule has 4 heteroatoms. The van der Waals surface area contributed by atoms with Crippen LogP contribution in [0, 0.1) is 0 Å². The number of fused-ring (bicyclic) bond motifs is 1. The van der Waals surface area contributed by atoms with E-state index in [1.807, 2.05) is 25.1 Å². The van der Waals surface area contributed by atoms with Gasteiger partial charge < -0.3 is 4.42 Å². The predicted molar refractivity (Wildman–Crippen MR) is 90.3 cm³/mol. The molecule has 3 aromatic rings. The Hall–Kier alpha value is -1.32. The molecular formula is C17H18ClNOS. The summed E-state index contributed by atoms with van der Waals surface area (Å²) in [5.41, 5.74) is 3.13. The molecule has 110 valence electrons. The van der Waals surface area contributed by atoms with Crippen LogP contribution in [0.5, 0.6) is 0 Å². The molecule has 21 heavy (non-hydrogen) atoms. The number of hydrogen-bond acceptors (Lipinski definition) is 3. The summed E-state index contributed by atoms with van der Waals surface area (Å²) in [6, 6.07) is 8.11. The van der Waals surface area contributed by atoms with E-state index in [1.54, 1.807) is 11.3 Å². The van der Waals surface area contributed by atoms with E-state index in [0.29, 0.717) is 0 Å². The van der Waals surface area contributed by atoms with Crippen LogP contribution in [0.1, 0.15) is 44.3 Å². The van der Waals surface area contributed by atoms with Crippen LogP contribution in [-0.2, 0) is 5.41 Å². The number of aromatic nitrogens is 1. The third-order valence-electron chi connectivity index (χ3n) is 3.48. The summed E-state index contributed by atoms with van der Waals surface area (Å²) in [5.74, 6) is 0.824. The van der Waals surface area contributed by atoms with E-state index in [2.05, 4.69) is 32.2 Å². The van der Waals surface area contributed by atoms with Gasteiger partial charge in [0.2, 0.25) is 0 Å². The van der Waals surface area contributed by atoms with Crippen molar-refractivity contribution in [1.29, 1.82) is 0 Å². The maximum atomic E-state index is 6.14. The molecule has 1 aromatic carbocycles. The second-order valence-corrected chi connectivity index (χ2v) is 7.82. The summed E-state index contributed by atoms with van der Waals surface area (Å²) in [6.45, 7) is 8.47. The van der Waals surface area contributed by atoms with Crippen LogP contribution in [-0.4, -0.2) is 4.98 Å². The molecule has 0 bridgehead atoms. The zero-order valence-electron chi connectivity index (χ0n) is 12.6. The van der Waals surface area contributed by atoms with Gasteiger partial charge in [0.25, 0.3) is 0 Å². The quantitative estimate of drug-likeness (QED) is 0.529. The van der Waals surface area contributed by atoms with Gasteiger partial charge in [0.1, 0.15) is 5.58 Å². The first-order valence-corrected chi connectivity index (χ1v) is 8.30. The van der Waals surface area contributed by atoms with Crippen LogP contribution >= 0.6 is 22.9 Å². The summed E-state index contributed by atoms with van der Waals surface area (Å²) in [6.07, 6.45) is 0. The lowest BCUT2D eigenvalue weighted by atomic mass is 9.93. The Bertz CT molecular complexity index is 780. The standard InChI is InChI=1S/C17H18ClNOS/c1-10(18)11-5-6-13-12(7-11)8-14(20-13)16-19-15(9-21-16)17(2,3)4/h5-10H,1-4H3. The zero-order chi connectivity index (χ0) is 15.2. The van der Waals surface area contributed by atoms with Crippen LogP contribution in [0.4, 0.5) is 0 Å². The topological polar surface area (TPSA) is 26.0 Å². The van der Waals surface area contributed by atoms with E-state index in [1.165, 1.54) is 0 Å². The number of hydrogen-bond donors (Lipinski definition) is 0. The van der Waals surface area contributed by atoms with Crippen molar-refractivity contribution in [3.63, 3.8) is 0 Å². The SMILES string of the molecule is CC(Cl)c1ccc2oc(-c3nc(C(C)(C)C)cs3)cc2c1. The molecular weight excluding hydrogens is 302 g/mol. The summed E-state index contributed by atoms with van der Waals surface area (Å²) in [4.78, 5) is 4.70. The maximum absolute atomic E-state index is 6.14. The normalized spacial score (nSPS) is 13.8. The molecule has 2 heterocycles. The number of halogens is 1. The molecule has 0 fully saturated rings. The Labute approximate surface area is 133 Å². The van der Waals surface area contributed by atoms with E-state index in [4.69, 9.17) is 21.0 Å². The fraction of sp³-hybridized carbons (Fsp3) is 0.353. The number of thiazole rings is 1. The number of alkyl halides is 1. The fourth-order valence-corrected chi connectivity index (χ4v) is 3.28. The Kier molecular flexibility index (Phi) is 3.58. The van der Waals surface area contributed by atoms with Gasteiger partial charge in [-0.15, -0.1) is 22.9 Å². The number of benzene rings is 1. The third kappa shape index (κ3) is 2.85. The number of furan rings is 1. The van der Waals surface area contributed by atoms with Crippen molar-refractivity contribution >= 4 is 33.9 Å². The van der Waals surface area contributed by atoms with Crippen molar-refractivity contribution in [2.45, 2.75) is 38.5 Å². The first-order chi connectivity index (χ1) is 9.84. The van der Waals surface area contributed by atoms with Crippen LogP contribution in [0.25, 0.3) is 21.7 Å². The predicted octanol–water partition coefficient (Wildman–Crippen LogP) is 6.15. The van der Waals surface area contributed by atoms with Crippen molar-refractivity contribution in [3.05, 3.63) is 40.9 Å². The smallest absolute Gasteiger partial charge is 0.164 e. The zero-order valence-corrected chi connectivity index (χ0v) is 14.2. The third-order valence-corrected chi connectivity index (χ3v) is 4.59. The summed E-state index contributed by atoms with van der Waals surface area (Å²) < 4.78 is 5.92. The minimum atomic E-state index is 0.0000981. The molecule has 0 radical (unpaired) electrons. The van der Waals surface area contributed by atoms with Crippen molar-refractivity contribution in [2.75, 3.05) is 0 Å². The Balaban J connectivity index is 2.03. The highest BCUT2D eigenvalue weighted by atomic mass is 35.5. The largest absolute Gasteiger partial charge is 0.454 e. The molecule has 0 saturated carbocycles. The molecule has 0 amide bonds. The first-order valence-electron chi connectivity index (χ1n) is 6.98. The summed E-state index contributed by atoms with van der Waals surface area (Å²) >= 11 is 7.76. The molecule has 0 aliphatic rings. The lowest BCUT2D eigenvalue weighted by molar-refractivity contribution is 0.571. The molecule has 0 aliphatic carbocycles. The van der Waals surface area contributed by atoms with Crippen molar-refractivity contribution in [2.24, 2.45) is 0 Å². The van der Waals surface area contributed by atoms with Gasteiger partial charge in [-0.2, -0.15) is 0 Å². The Morgan fingerprint density at radius 1 is 1.24 bits per heavy atom. The van der Waals surface area contributed by atoms with Crippen molar-refractivity contribution in [1.82, 2.24) is 4.98 Å². The van der Waals surface area contributed by atoms with E-state index < -0.39 is 0 Å². The lowest BCUT2D eigenvalue weighted by Gasteiger charge is -2.13. The van der Waals surface area contributed by atoms with Gasteiger partial charge in [0, 0.05) is 16.2 Å². The molecule has 0 saturated heterocycles. The van der Waals surface area contributed by atoms with Gasteiger partial charge >= 0.3 is 0 Å². The van der Waals surface area contributed by atoms with E-state index in [9.17, 15) is 0 Å². The van der Waals surface area contributed by atoms with Crippen molar-refractivity contribution in [3.8, 4) is 10.8 Å². The summed E-state index contributed by atoms with van der Waals surface area (Å²) in [5, 5.41) is 4.11. The molecule has 1 unspecified atom stereocenters. The first kappa shape index (κ1) is 14.6. The highest BCUT2D eigenvalue weighted by molar-refractivity contribution is 7.13. The van der Waals surface area contributed by atoms with Crippen LogP contribution in [0.3, 0.4) is 0 Å². The van der Waals surface area contributed by atoms with E-state index in [0.717, 1.165) is 33.0 Å². The fourth-order valence-electron chi connectivity index (χ4n) is 2.15. The lowest BCUT2D eigenvalue weighted by Crippen LogP contribution is -2.11. The average Bonchev–Trinajstić information content (AvgIpc) is 3.03. The van der Waals surface area contributed by atoms with Gasteiger partial charge in [-0.05, 0) is 30.7 Å². The molecule has 0 N–H and O–H groups in total. The maximum Gasteiger partial charge on any atom is 0.164 e. The Morgan fingerprint density at radius 2 is 2.00 bits per heavy atom. The minimum absolute atomic E-state index is 0.0000981. The molecule has 3 rings (SSSR count). The Morgan fingerprint density at radius 3 is 2.62 bits per heavy atom. The van der Waals surface area contributed by atoms with Crippen LogP contribution in [0.15, 0.2) is 34.1 Å².